The molecule has 1 heterocycles. The molecule has 2 rings (SSSR count). The van der Waals surface area contributed by atoms with Crippen LogP contribution in [0, 0.1) is 0 Å². The zero-order chi connectivity index (χ0) is 13.0. The number of likely N-dealkylation sites (tertiary alicyclic amines) is 1. The van der Waals surface area contributed by atoms with Gasteiger partial charge in [0, 0.05) is 6.54 Å². The van der Waals surface area contributed by atoms with Crippen molar-refractivity contribution in [3.63, 3.8) is 0 Å². The minimum Gasteiger partial charge on any atom is -0.496 e. The molecular weight excluding hydrogens is 230 g/mol. The summed E-state index contributed by atoms with van der Waals surface area (Å²) in [7, 11) is 1.56. The van der Waals surface area contributed by atoms with E-state index in [1.807, 2.05) is 12.1 Å². The number of rotatable bonds is 3. The second kappa shape index (κ2) is 5.87. The maximum absolute atomic E-state index is 12.5. The molecule has 1 fully saturated rings. The van der Waals surface area contributed by atoms with Gasteiger partial charge in [-0.05, 0) is 31.4 Å². The summed E-state index contributed by atoms with van der Waals surface area (Å²) in [6.07, 6.45) is 2.94. The number of benzene rings is 1. The Bertz CT molecular complexity index is 419. The predicted octanol–water partition coefficient (Wildman–Crippen LogP) is 1.68. The molecule has 1 atom stereocenters. The number of ether oxygens (including phenoxy) is 1. The molecule has 0 radical (unpaired) electrons. The molecule has 1 aromatic carbocycles. The van der Waals surface area contributed by atoms with Crippen LogP contribution in [0.2, 0.25) is 0 Å². The number of nitrogens with zero attached hydrogens (tertiary/aromatic N) is 1. The maximum atomic E-state index is 12.5. The SMILES string of the molecule is COc1ccccc1C(=O)N1CCCCC1CO. The molecular formula is C14H19NO3. The van der Waals surface area contributed by atoms with Crippen molar-refractivity contribution in [2.45, 2.75) is 25.3 Å². The molecule has 1 unspecified atom stereocenters. The first kappa shape index (κ1) is 12.9. The first-order valence-corrected chi connectivity index (χ1v) is 6.32. The summed E-state index contributed by atoms with van der Waals surface area (Å²) in [5.41, 5.74) is 0.570. The number of carbonyl (C=O) groups is 1. The van der Waals surface area contributed by atoms with E-state index in [1.54, 1.807) is 24.1 Å². The molecule has 0 spiro atoms. The number of aliphatic hydroxyl groups is 1. The van der Waals surface area contributed by atoms with E-state index < -0.39 is 0 Å². The lowest BCUT2D eigenvalue weighted by molar-refractivity contribution is 0.0500. The molecule has 1 saturated heterocycles. The third kappa shape index (κ3) is 2.48. The number of carbonyl (C=O) groups excluding carboxylic acids is 1. The average Bonchev–Trinajstić information content (AvgIpc) is 2.46. The molecule has 0 aromatic heterocycles. The Balaban J connectivity index is 2.24. The van der Waals surface area contributed by atoms with E-state index >= 15 is 0 Å². The van der Waals surface area contributed by atoms with Crippen molar-refractivity contribution in [2.24, 2.45) is 0 Å². The monoisotopic (exact) mass is 249 g/mol. The highest BCUT2D eigenvalue weighted by atomic mass is 16.5. The molecule has 0 bridgehead atoms. The van der Waals surface area contributed by atoms with Crippen LogP contribution in [0.5, 0.6) is 5.75 Å². The second-order valence-electron chi connectivity index (χ2n) is 4.53. The number of piperidine rings is 1. The lowest BCUT2D eigenvalue weighted by atomic mass is 10.0. The van der Waals surface area contributed by atoms with Gasteiger partial charge in [0.25, 0.3) is 5.91 Å². The first-order chi connectivity index (χ1) is 8.77. The summed E-state index contributed by atoms with van der Waals surface area (Å²) in [6, 6.07) is 7.16. The van der Waals surface area contributed by atoms with E-state index in [4.69, 9.17) is 4.74 Å². The second-order valence-corrected chi connectivity index (χ2v) is 4.53. The van der Waals surface area contributed by atoms with E-state index in [2.05, 4.69) is 0 Å². The normalized spacial score (nSPS) is 19.7. The Morgan fingerprint density at radius 2 is 2.22 bits per heavy atom. The van der Waals surface area contributed by atoms with Gasteiger partial charge in [-0.3, -0.25) is 4.79 Å². The molecule has 0 aliphatic carbocycles. The van der Waals surface area contributed by atoms with Crippen molar-refractivity contribution in [1.29, 1.82) is 0 Å². The highest BCUT2D eigenvalue weighted by Crippen LogP contribution is 2.24. The first-order valence-electron chi connectivity index (χ1n) is 6.32. The fraction of sp³-hybridized carbons (Fsp3) is 0.500. The van der Waals surface area contributed by atoms with Crippen LogP contribution in [0.3, 0.4) is 0 Å². The van der Waals surface area contributed by atoms with Gasteiger partial charge in [0.1, 0.15) is 5.75 Å². The van der Waals surface area contributed by atoms with Crippen LogP contribution < -0.4 is 4.74 Å². The number of methoxy groups -OCH3 is 1. The molecule has 4 nitrogen and oxygen atoms in total. The summed E-state index contributed by atoms with van der Waals surface area (Å²) >= 11 is 0. The molecule has 1 aliphatic heterocycles. The highest BCUT2D eigenvalue weighted by Gasteiger charge is 2.28. The molecule has 18 heavy (non-hydrogen) atoms. The van der Waals surface area contributed by atoms with Gasteiger partial charge in [-0.15, -0.1) is 0 Å². The Labute approximate surface area is 107 Å². The standard InChI is InChI=1S/C14H19NO3/c1-18-13-8-3-2-7-12(13)14(17)15-9-5-4-6-11(15)10-16/h2-3,7-8,11,16H,4-6,9-10H2,1H3. The van der Waals surface area contributed by atoms with E-state index in [0.717, 1.165) is 19.3 Å². The summed E-state index contributed by atoms with van der Waals surface area (Å²) < 4.78 is 5.22. The van der Waals surface area contributed by atoms with Crippen LogP contribution in [0.25, 0.3) is 0 Å². The topological polar surface area (TPSA) is 49.8 Å². The van der Waals surface area contributed by atoms with Gasteiger partial charge in [0.15, 0.2) is 0 Å². The molecule has 4 heteroatoms. The number of amides is 1. The molecule has 1 N–H and O–H groups in total. The summed E-state index contributed by atoms with van der Waals surface area (Å²) in [6.45, 7) is 0.739. The summed E-state index contributed by atoms with van der Waals surface area (Å²) in [5, 5.41) is 9.36. The van der Waals surface area contributed by atoms with Gasteiger partial charge in [0.05, 0.1) is 25.3 Å². The molecule has 98 valence electrons. The number of aliphatic hydroxyl groups excluding tert-OH is 1. The number of hydrogen-bond acceptors (Lipinski definition) is 3. The minimum atomic E-state index is -0.0591. The third-order valence-corrected chi connectivity index (χ3v) is 3.44. The Morgan fingerprint density at radius 1 is 1.44 bits per heavy atom. The van der Waals surface area contributed by atoms with E-state index in [1.165, 1.54) is 0 Å². The van der Waals surface area contributed by atoms with Crippen LogP contribution in [0.15, 0.2) is 24.3 Å². The zero-order valence-corrected chi connectivity index (χ0v) is 10.6. The third-order valence-electron chi connectivity index (χ3n) is 3.44. The Hall–Kier alpha value is -1.55. The number of hydrogen-bond donors (Lipinski definition) is 1. The van der Waals surface area contributed by atoms with E-state index in [9.17, 15) is 9.90 Å². The van der Waals surface area contributed by atoms with Gasteiger partial charge in [-0.1, -0.05) is 12.1 Å². The van der Waals surface area contributed by atoms with Crippen LogP contribution in [-0.4, -0.2) is 42.2 Å². The van der Waals surface area contributed by atoms with Crippen molar-refractivity contribution in [1.82, 2.24) is 4.90 Å². The smallest absolute Gasteiger partial charge is 0.257 e. The lowest BCUT2D eigenvalue weighted by Crippen LogP contribution is -2.45. The quantitative estimate of drug-likeness (QED) is 0.886. The van der Waals surface area contributed by atoms with E-state index in [-0.39, 0.29) is 18.6 Å². The van der Waals surface area contributed by atoms with Crippen molar-refractivity contribution in [3.8, 4) is 5.75 Å². The minimum absolute atomic E-state index is 0.0287. The fourth-order valence-corrected chi connectivity index (χ4v) is 2.43. The Morgan fingerprint density at radius 3 is 2.94 bits per heavy atom. The van der Waals surface area contributed by atoms with E-state index in [0.29, 0.717) is 17.9 Å². The average molecular weight is 249 g/mol. The molecule has 1 aromatic rings. The van der Waals surface area contributed by atoms with Gasteiger partial charge < -0.3 is 14.7 Å². The van der Waals surface area contributed by atoms with Crippen LogP contribution in [-0.2, 0) is 0 Å². The molecule has 1 amide bonds. The largest absolute Gasteiger partial charge is 0.496 e. The van der Waals surface area contributed by atoms with Gasteiger partial charge in [-0.2, -0.15) is 0 Å². The van der Waals surface area contributed by atoms with Crippen molar-refractivity contribution in [2.75, 3.05) is 20.3 Å². The van der Waals surface area contributed by atoms with Crippen molar-refractivity contribution < 1.29 is 14.6 Å². The Kier molecular flexibility index (Phi) is 4.20. The summed E-state index contributed by atoms with van der Waals surface area (Å²) in [4.78, 5) is 14.2. The van der Waals surface area contributed by atoms with Gasteiger partial charge >= 0.3 is 0 Å². The maximum Gasteiger partial charge on any atom is 0.257 e. The fourth-order valence-electron chi connectivity index (χ4n) is 2.43. The van der Waals surface area contributed by atoms with Gasteiger partial charge in [-0.25, -0.2) is 0 Å². The zero-order valence-electron chi connectivity index (χ0n) is 10.6. The van der Waals surface area contributed by atoms with Crippen molar-refractivity contribution >= 4 is 5.91 Å². The number of para-hydroxylation sites is 1. The van der Waals surface area contributed by atoms with Crippen LogP contribution in [0.1, 0.15) is 29.6 Å². The molecule has 1 aliphatic rings. The highest BCUT2D eigenvalue weighted by molar-refractivity contribution is 5.97. The van der Waals surface area contributed by atoms with Crippen molar-refractivity contribution in [3.05, 3.63) is 29.8 Å². The predicted molar refractivity (Wildman–Crippen MR) is 68.8 cm³/mol. The lowest BCUT2D eigenvalue weighted by Gasteiger charge is -2.34. The van der Waals surface area contributed by atoms with Crippen LogP contribution in [0.4, 0.5) is 0 Å². The molecule has 0 saturated carbocycles. The summed E-state index contributed by atoms with van der Waals surface area (Å²) in [5.74, 6) is 0.538. The van der Waals surface area contributed by atoms with Crippen LogP contribution >= 0.6 is 0 Å². The van der Waals surface area contributed by atoms with Gasteiger partial charge in [0.2, 0.25) is 0 Å².